The van der Waals surface area contributed by atoms with Crippen molar-refractivity contribution in [3.8, 4) is 11.3 Å². The third-order valence-electron chi connectivity index (χ3n) is 5.92. The van der Waals surface area contributed by atoms with E-state index in [-0.39, 0.29) is 5.92 Å². The van der Waals surface area contributed by atoms with Gasteiger partial charge in [-0.1, -0.05) is 30.3 Å². The fourth-order valence-corrected chi connectivity index (χ4v) is 4.31. The zero-order chi connectivity index (χ0) is 17.4. The molecule has 1 aromatic heterocycles. The Kier molecular flexibility index (Phi) is 4.20. The number of aldehydes is 1. The molecule has 1 aliphatic rings. The van der Waals surface area contributed by atoms with Crippen molar-refractivity contribution in [2.24, 2.45) is 13.0 Å². The largest absolute Gasteiger partial charge is 0.344 e. The number of hydrogen-bond acceptors (Lipinski definition) is 1. The second-order valence-corrected chi connectivity index (χ2v) is 7.47. The lowest BCUT2D eigenvalue weighted by molar-refractivity contribution is -0.111. The summed E-state index contributed by atoms with van der Waals surface area (Å²) in [5.74, 6) is 0.865. The Balaban J connectivity index is 1.72. The average Bonchev–Trinajstić information content (AvgIpc) is 2.99. The van der Waals surface area contributed by atoms with E-state index in [1.54, 1.807) is 0 Å². The summed E-state index contributed by atoms with van der Waals surface area (Å²) < 4.78 is 2.30. The number of benzene rings is 2. The molecule has 0 aliphatic heterocycles. The van der Waals surface area contributed by atoms with Crippen molar-refractivity contribution < 1.29 is 4.79 Å². The summed E-state index contributed by atoms with van der Waals surface area (Å²) in [4.78, 5) is 11.0. The van der Waals surface area contributed by atoms with Crippen LogP contribution in [0.15, 0.2) is 48.5 Å². The lowest BCUT2D eigenvalue weighted by Gasteiger charge is -2.26. The topological polar surface area (TPSA) is 22.0 Å². The first-order valence-corrected chi connectivity index (χ1v) is 9.28. The fourth-order valence-electron chi connectivity index (χ4n) is 4.31. The van der Waals surface area contributed by atoms with Crippen LogP contribution in [0, 0.1) is 12.8 Å². The Labute approximate surface area is 149 Å². The van der Waals surface area contributed by atoms with Crippen molar-refractivity contribution in [1.29, 1.82) is 0 Å². The number of carbonyl (C=O) groups is 1. The second kappa shape index (κ2) is 6.51. The molecule has 1 aliphatic carbocycles. The quantitative estimate of drug-likeness (QED) is 0.570. The van der Waals surface area contributed by atoms with Crippen LogP contribution in [0.25, 0.3) is 22.2 Å². The average molecular weight is 331 g/mol. The normalized spacial score (nSPS) is 20.7. The first-order valence-electron chi connectivity index (χ1n) is 9.28. The SMILES string of the molecule is Cc1ccc(C2CCC(C=O)CC2)cc1-c1cc2ccccc2n1C. The van der Waals surface area contributed by atoms with E-state index in [9.17, 15) is 4.79 Å². The molecule has 4 rings (SSSR count). The van der Waals surface area contributed by atoms with Crippen LogP contribution in [-0.2, 0) is 11.8 Å². The number of hydrogen-bond donors (Lipinski definition) is 0. The van der Waals surface area contributed by atoms with Gasteiger partial charge >= 0.3 is 0 Å². The van der Waals surface area contributed by atoms with Gasteiger partial charge in [-0.25, -0.2) is 0 Å². The second-order valence-electron chi connectivity index (χ2n) is 7.47. The monoisotopic (exact) mass is 331 g/mol. The summed E-state index contributed by atoms with van der Waals surface area (Å²) >= 11 is 0. The van der Waals surface area contributed by atoms with Crippen LogP contribution >= 0.6 is 0 Å². The highest BCUT2D eigenvalue weighted by Gasteiger charge is 2.22. The lowest BCUT2D eigenvalue weighted by atomic mass is 9.78. The molecule has 2 aromatic carbocycles. The highest BCUT2D eigenvalue weighted by molar-refractivity contribution is 5.87. The molecule has 0 amide bonds. The zero-order valence-electron chi connectivity index (χ0n) is 15.0. The molecule has 3 aromatic rings. The van der Waals surface area contributed by atoms with Crippen LogP contribution in [0.1, 0.15) is 42.7 Å². The third kappa shape index (κ3) is 2.90. The number of carbonyl (C=O) groups excluding carboxylic acids is 1. The van der Waals surface area contributed by atoms with E-state index in [1.807, 2.05) is 0 Å². The smallest absolute Gasteiger partial charge is 0.123 e. The van der Waals surface area contributed by atoms with Gasteiger partial charge in [0.25, 0.3) is 0 Å². The molecule has 0 spiro atoms. The molecule has 0 radical (unpaired) electrons. The highest BCUT2D eigenvalue weighted by Crippen LogP contribution is 2.38. The van der Waals surface area contributed by atoms with E-state index in [0.29, 0.717) is 5.92 Å². The minimum absolute atomic E-state index is 0.277. The van der Waals surface area contributed by atoms with Crippen LogP contribution in [0.3, 0.4) is 0 Å². The van der Waals surface area contributed by atoms with Gasteiger partial charge < -0.3 is 9.36 Å². The van der Waals surface area contributed by atoms with Crippen molar-refractivity contribution in [3.05, 3.63) is 59.7 Å². The molecule has 2 nitrogen and oxygen atoms in total. The van der Waals surface area contributed by atoms with Crippen molar-refractivity contribution in [1.82, 2.24) is 4.57 Å². The molecule has 0 unspecified atom stereocenters. The molecule has 2 heteroatoms. The number of rotatable bonds is 3. The van der Waals surface area contributed by atoms with E-state index in [1.165, 1.54) is 33.3 Å². The van der Waals surface area contributed by atoms with Crippen LogP contribution in [0.4, 0.5) is 0 Å². The van der Waals surface area contributed by atoms with Gasteiger partial charge in [0, 0.05) is 35.1 Å². The van der Waals surface area contributed by atoms with Crippen molar-refractivity contribution >= 4 is 17.2 Å². The van der Waals surface area contributed by atoms with E-state index in [2.05, 4.69) is 67.1 Å². The van der Waals surface area contributed by atoms with Crippen molar-refractivity contribution in [2.45, 2.75) is 38.5 Å². The molecule has 1 heterocycles. The van der Waals surface area contributed by atoms with E-state index >= 15 is 0 Å². The third-order valence-corrected chi connectivity index (χ3v) is 5.92. The van der Waals surface area contributed by atoms with Gasteiger partial charge in [0.1, 0.15) is 6.29 Å². The molecule has 0 bridgehead atoms. The number of para-hydroxylation sites is 1. The number of aryl methyl sites for hydroxylation is 2. The Morgan fingerprint density at radius 2 is 1.76 bits per heavy atom. The van der Waals surface area contributed by atoms with Gasteiger partial charge in [0.15, 0.2) is 0 Å². The minimum Gasteiger partial charge on any atom is -0.344 e. The molecule has 0 atom stereocenters. The first-order chi connectivity index (χ1) is 12.2. The van der Waals surface area contributed by atoms with Crippen LogP contribution < -0.4 is 0 Å². The molecule has 0 N–H and O–H groups in total. The highest BCUT2D eigenvalue weighted by atomic mass is 16.1. The number of fused-ring (bicyclic) bond motifs is 1. The van der Waals surface area contributed by atoms with E-state index in [4.69, 9.17) is 0 Å². The summed E-state index contributed by atoms with van der Waals surface area (Å²) in [6, 6.07) is 17.8. The lowest BCUT2D eigenvalue weighted by Crippen LogP contribution is -2.14. The molecule has 1 fully saturated rings. The standard InChI is InChI=1S/C23H25NO/c1-16-7-10-19(18-11-8-17(15-25)9-12-18)13-21(16)23-14-20-5-3-4-6-22(20)24(23)2/h3-7,10,13-15,17-18H,8-9,11-12H2,1-2H3. The number of aromatic nitrogens is 1. The Morgan fingerprint density at radius 3 is 2.48 bits per heavy atom. The maximum atomic E-state index is 11.0. The number of nitrogens with zero attached hydrogens (tertiary/aromatic N) is 1. The molecule has 0 saturated heterocycles. The Morgan fingerprint density at radius 1 is 1.00 bits per heavy atom. The Bertz CT molecular complexity index is 913. The molecular weight excluding hydrogens is 306 g/mol. The summed E-state index contributed by atoms with van der Waals surface area (Å²) in [7, 11) is 2.15. The maximum Gasteiger partial charge on any atom is 0.123 e. The molecule has 1 saturated carbocycles. The Hall–Kier alpha value is -2.35. The zero-order valence-corrected chi connectivity index (χ0v) is 15.0. The first kappa shape index (κ1) is 16.1. The molecule has 25 heavy (non-hydrogen) atoms. The van der Waals surface area contributed by atoms with Gasteiger partial charge in [-0.3, -0.25) is 0 Å². The minimum atomic E-state index is 0.277. The predicted octanol–water partition coefficient (Wildman–Crippen LogP) is 5.63. The van der Waals surface area contributed by atoms with Crippen molar-refractivity contribution in [2.75, 3.05) is 0 Å². The van der Waals surface area contributed by atoms with Crippen LogP contribution in [0.2, 0.25) is 0 Å². The summed E-state index contributed by atoms with van der Waals surface area (Å²) in [5, 5.41) is 1.29. The van der Waals surface area contributed by atoms with Gasteiger partial charge in [-0.2, -0.15) is 0 Å². The predicted molar refractivity (Wildman–Crippen MR) is 104 cm³/mol. The fraction of sp³-hybridized carbons (Fsp3) is 0.348. The molecular formula is C23H25NO. The van der Waals surface area contributed by atoms with Gasteiger partial charge in [-0.15, -0.1) is 0 Å². The summed E-state index contributed by atoms with van der Waals surface area (Å²) in [6.07, 6.45) is 5.46. The molecule has 128 valence electrons. The van der Waals surface area contributed by atoms with Gasteiger partial charge in [0.2, 0.25) is 0 Å². The van der Waals surface area contributed by atoms with Crippen LogP contribution in [0.5, 0.6) is 0 Å². The van der Waals surface area contributed by atoms with Gasteiger partial charge in [-0.05, 0) is 67.9 Å². The van der Waals surface area contributed by atoms with Crippen molar-refractivity contribution in [3.63, 3.8) is 0 Å². The summed E-state index contributed by atoms with van der Waals surface area (Å²) in [6.45, 7) is 2.19. The van der Waals surface area contributed by atoms with Gasteiger partial charge in [0.05, 0.1) is 0 Å². The van der Waals surface area contributed by atoms with Crippen LogP contribution in [-0.4, -0.2) is 10.9 Å². The van der Waals surface area contributed by atoms with E-state index < -0.39 is 0 Å². The van der Waals surface area contributed by atoms with E-state index in [0.717, 1.165) is 32.0 Å². The summed E-state index contributed by atoms with van der Waals surface area (Å²) in [5.41, 5.74) is 6.62. The maximum absolute atomic E-state index is 11.0.